The van der Waals surface area contributed by atoms with E-state index in [1.165, 1.54) is 12.1 Å². The van der Waals surface area contributed by atoms with Gasteiger partial charge < -0.3 is 14.8 Å². The third kappa shape index (κ3) is 3.70. The molecule has 0 radical (unpaired) electrons. The van der Waals surface area contributed by atoms with E-state index in [0.717, 1.165) is 38.4 Å². The molecule has 5 nitrogen and oxygen atoms in total. The second-order valence-electron chi connectivity index (χ2n) is 5.60. The summed E-state index contributed by atoms with van der Waals surface area (Å²) in [4.78, 5) is 22.7. The van der Waals surface area contributed by atoms with Gasteiger partial charge in [0.05, 0.1) is 11.2 Å². The van der Waals surface area contributed by atoms with Crippen molar-refractivity contribution in [3.63, 3.8) is 0 Å². The van der Waals surface area contributed by atoms with Gasteiger partial charge in [-0.3, -0.25) is 4.79 Å². The Labute approximate surface area is 118 Å². The van der Waals surface area contributed by atoms with E-state index in [0.29, 0.717) is 5.92 Å². The summed E-state index contributed by atoms with van der Waals surface area (Å²) in [5.41, 5.74) is -1.01. The van der Waals surface area contributed by atoms with Crippen LogP contribution in [0.5, 0.6) is 0 Å². The molecule has 20 heavy (non-hydrogen) atoms. The van der Waals surface area contributed by atoms with Crippen molar-refractivity contribution in [1.29, 1.82) is 0 Å². The first-order chi connectivity index (χ1) is 9.52. The quantitative estimate of drug-likeness (QED) is 0.879. The zero-order valence-corrected chi connectivity index (χ0v) is 11.7. The van der Waals surface area contributed by atoms with Gasteiger partial charge in [-0.2, -0.15) is 0 Å². The van der Waals surface area contributed by atoms with Gasteiger partial charge in [0.15, 0.2) is 0 Å². The van der Waals surface area contributed by atoms with Crippen molar-refractivity contribution < 1.29 is 14.3 Å². The lowest BCUT2D eigenvalue weighted by atomic mass is 9.78. The van der Waals surface area contributed by atoms with Crippen LogP contribution in [0.25, 0.3) is 0 Å². The summed E-state index contributed by atoms with van der Waals surface area (Å²) < 4.78 is 4.65. The molecule has 1 heterocycles. The Balaban J connectivity index is 1.87. The van der Waals surface area contributed by atoms with Crippen molar-refractivity contribution in [3.8, 4) is 0 Å². The second kappa shape index (κ2) is 6.22. The monoisotopic (exact) mass is 279 g/mol. The van der Waals surface area contributed by atoms with Crippen LogP contribution in [0.4, 0.5) is 0 Å². The minimum atomic E-state index is -0.809. The van der Waals surface area contributed by atoms with Gasteiger partial charge in [-0.25, -0.2) is 4.79 Å². The SMILES string of the molecule is CCC1CCC(O)(CNC(=O)c2ccc(=O)oc2)CC1. The maximum absolute atomic E-state index is 11.9. The van der Waals surface area contributed by atoms with Crippen molar-refractivity contribution in [2.45, 2.75) is 44.6 Å². The summed E-state index contributed by atoms with van der Waals surface area (Å²) in [7, 11) is 0. The van der Waals surface area contributed by atoms with E-state index >= 15 is 0 Å². The lowest BCUT2D eigenvalue weighted by Gasteiger charge is -2.35. The molecule has 1 amide bonds. The summed E-state index contributed by atoms with van der Waals surface area (Å²) in [5, 5.41) is 13.1. The number of rotatable bonds is 4. The highest BCUT2D eigenvalue weighted by atomic mass is 16.4. The Bertz CT molecular complexity index is 494. The van der Waals surface area contributed by atoms with Crippen LogP contribution in [0.2, 0.25) is 0 Å². The summed E-state index contributed by atoms with van der Waals surface area (Å²) in [6, 6.07) is 2.62. The predicted octanol–water partition coefficient (Wildman–Crippen LogP) is 1.70. The molecule has 0 bridgehead atoms. The van der Waals surface area contributed by atoms with E-state index < -0.39 is 11.2 Å². The normalized spacial score (nSPS) is 26.2. The van der Waals surface area contributed by atoms with Gasteiger partial charge in [0, 0.05) is 12.6 Å². The molecule has 1 aliphatic carbocycles. The van der Waals surface area contributed by atoms with Gasteiger partial charge in [0.1, 0.15) is 6.26 Å². The summed E-state index contributed by atoms with van der Waals surface area (Å²) >= 11 is 0. The third-order valence-electron chi connectivity index (χ3n) is 4.15. The lowest BCUT2D eigenvalue weighted by molar-refractivity contribution is -0.00788. The molecule has 2 N–H and O–H groups in total. The minimum absolute atomic E-state index is 0.237. The van der Waals surface area contributed by atoms with Crippen LogP contribution in [-0.2, 0) is 0 Å². The van der Waals surface area contributed by atoms with Crippen molar-refractivity contribution in [2.24, 2.45) is 5.92 Å². The van der Waals surface area contributed by atoms with Crippen LogP contribution in [0.3, 0.4) is 0 Å². The zero-order valence-electron chi connectivity index (χ0n) is 11.7. The first-order valence-corrected chi connectivity index (χ1v) is 7.12. The number of hydrogen-bond acceptors (Lipinski definition) is 4. The molecule has 1 aliphatic rings. The predicted molar refractivity (Wildman–Crippen MR) is 74.5 cm³/mol. The topological polar surface area (TPSA) is 79.5 Å². The molecule has 0 saturated heterocycles. The lowest BCUT2D eigenvalue weighted by Crippen LogP contribution is -2.45. The van der Waals surface area contributed by atoms with E-state index in [9.17, 15) is 14.7 Å². The average Bonchev–Trinajstić information content (AvgIpc) is 2.46. The fourth-order valence-electron chi connectivity index (χ4n) is 2.63. The molecule has 0 aromatic carbocycles. The minimum Gasteiger partial charge on any atom is -0.430 e. The number of carbonyl (C=O) groups is 1. The maximum atomic E-state index is 11.9. The van der Waals surface area contributed by atoms with E-state index in [4.69, 9.17) is 0 Å². The van der Waals surface area contributed by atoms with Gasteiger partial charge in [-0.15, -0.1) is 0 Å². The molecule has 1 fully saturated rings. The van der Waals surface area contributed by atoms with E-state index in [1.807, 2.05) is 0 Å². The Kier molecular flexibility index (Phi) is 4.60. The molecule has 0 atom stereocenters. The first-order valence-electron chi connectivity index (χ1n) is 7.12. The van der Waals surface area contributed by atoms with Gasteiger partial charge in [-0.1, -0.05) is 13.3 Å². The number of carbonyl (C=O) groups excluding carboxylic acids is 1. The van der Waals surface area contributed by atoms with Crippen molar-refractivity contribution in [1.82, 2.24) is 5.32 Å². The van der Waals surface area contributed by atoms with Gasteiger partial charge in [0.25, 0.3) is 5.91 Å². The standard InChI is InChI=1S/C15H21NO4/c1-2-11-5-7-15(19,8-6-11)10-16-14(18)12-3-4-13(17)20-9-12/h3-4,9,11,19H,2,5-8,10H2,1H3,(H,16,18). The zero-order chi connectivity index (χ0) is 14.6. The van der Waals surface area contributed by atoms with Crippen LogP contribution < -0.4 is 10.9 Å². The summed E-state index contributed by atoms with van der Waals surface area (Å²) in [5.74, 6) is 0.356. The van der Waals surface area contributed by atoms with Gasteiger partial charge in [0.2, 0.25) is 0 Å². The van der Waals surface area contributed by atoms with E-state index in [2.05, 4.69) is 16.7 Å². The molecular formula is C15H21NO4. The Morgan fingerprint density at radius 3 is 2.70 bits per heavy atom. The number of nitrogens with one attached hydrogen (secondary N) is 1. The summed E-state index contributed by atoms with van der Waals surface area (Å²) in [6.45, 7) is 2.40. The fraction of sp³-hybridized carbons (Fsp3) is 0.600. The molecule has 0 spiro atoms. The highest BCUT2D eigenvalue weighted by Crippen LogP contribution is 2.33. The Morgan fingerprint density at radius 1 is 1.45 bits per heavy atom. The van der Waals surface area contributed by atoms with Crippen molar-refractivity contribution >= 4 is 5.91 Å². The van der Waals surface area contributed by atoms with Crippen molar-refractivity contribution in [2.75, 3.05) is 6.54 Å². The van der Waals surface area contributed by atoms with Gasteiger partial charge in [-0.05, 0) is 37.7 Å². The van der Waals surface area contributed by atoms with Crippen LogP contribution >= 0.6 is 0 Å². The molecule has 110 valence electrons. The molecule has 5 heteroatoms. The van der Waals surface area contributed by atoms with E-state index in [-0.39, 0.29) is 18.0 Å². The van der Waals surface area contributed by atoms with E-state index in [1.54, 1.807) is 0 Å². The molecular weight excluding hydrogens is 258 g/mol. The third-order valence-corrected chi connectivity index (χ3v) is 4.15. The molecule has 0 unspecified atom stereocenters. The van der Waals surface area contributed by atoms with Crippen molar-refractivity contribution in [3.05, 3.63) is 34.4 Å². The van der Waals surface area contributed by atoms with Crippen LogP contribution in [-0.4, -0.2) is 23.2 Å². The highest BCUT2D eigenvalue weighted by Gasteiger charge is 2.32. The summed E-state index contributed by atoms with van der Waals surface area (Å²) in [6.07, 6.45) is 5.72. The Morgan fingerprint density at radius 2 is 2.15 bits per heavy atom. The molecule has 1 saturated carbocycles. The number of aliphatic hydroxyl groups is 1. The number of hydrogen-bond donors (Lipinski definition) is 2. The Hall–Kier alpha value is -1.62. The van der Waals surface area contributed by atoms with Crippen LogP contribution in [0.1, 0.15) is 49.4 Å². The highest BCUT2D eigenvalue weighted by molar-refractivity contribution is 5.93. The van der Waals surface area contributed by atoms with Crippen LogP contribution in [0.15, 0.2) is 27.6 Å². The molecule has 2 rings (SSSR count). The smallest absolute Gasteiger partial charge is 0.335 e. The maximum Gasteiger partial charge on any atom is 0.335 e. The largest absolute Gasteiger partial charge is 0.430 e. The molecule has 1 aromatic rings. The first kappa shape index (κ1) is 14.8. The fourth-order valence-corrected chi connectivity index (χ4v) is 2.63. The molecule has 1 aromatic heterocycles. The van der Waals surface area contributed by atoms with Gasteiger partial charge >= 0.3 is 5.63 Å². The second-order valence-corrected chi connectivity index (χ2v) is 5.60. The number of amides is 1. The van der Waals surface area contributed by atoms with Crippen LogP contribution in [0, 0.1) is 5.92 Å². The average molecular weight is 279 g/mol. The molecule has 0 aliphatic heterocycles.